The van der Waals surface area contributed by atoms with Crippen LogP contribution in [0.25, 0.3) is 0 Å². The molecule has 1 aliphatic heterocycles. The van der Waals surface area contributed by atoms with E-state index in [-0.39, 0.29) is 11.4 Å². The molecule has 0 radical (unpaired) electrons. The highest BCUT2D eigenvalue weighted by molar-refractivity contribution is 5.74. The van der Waals surface area contributed by atoms with Crippen LogP contribution in [0.1, 0.15) is 31.2 Å². The van der Waals surface area contributed by atoms with Crippen LogP contribution in [0.2, 0.25) is 0 Å². The number of benzene rings is 1. The molecule has 138 valence electrons. The van der Waals surface area contributed by atoms with Crippen molar-refractivity contribution in [3.8, 4) is 0 Å². The molecule has 2 aromatic rings. The molecule has 4 rings (SSSR count). The summed E-state index contributed by atoms with van der Waals surface area (Å²) in [4.78, 5) is 20.9. The molecule has 2 aliphatic rings. The molecule has 0 bridgehead atoms. The zero-order valence-electron chi connectivity index (χ0n) is 15.0. The summed E-state index contributed by atoms with van der Waals surface area (Å²) in [5.41, 5.74) is 1.45. The molecule has 2 fully saturated rings. The standard InChI is InChI=1S/C19H26N6O/c26-18(25-12-10-24(11-13-25)17-21-15-22-23-17)20-14-19(8-4-5-9-19)16-6-2-1-3-7-16/h1-3,6-7,15H,4-5,8-14H2,(H,20,26)(H,21,22,23). The zero-order chi connectivity index (χ0) is 17.8. The monoisotopic (exact) mass is 354 g/mol. The average Bonchev–Trinajstić information content (AvgIpc) is 3.40. The fourth-order valence-electron chi connectivity index (χ4n) is 4.24. The van der Waals surface area contributed by atoms with E-state index in [1.54, 1.807) is 0 Å². The third-order valence-electron chi connectivity index (χ3n) is 5.79. The molecule has 26 heavy (non-hydrogen) atoms. The van der Waals surface area contributed by atoms with Gasteiger partial charge in [0.25, 0.3) is 0 Å². The smallest absolute Gasteiger partial charge is 0.317 e. The second-order valence-corrected chi connectivity index (χ2v) is 7.30. The van der Waals surface area contributed by atoms with Crippen molar-refractivity contribution in [1.82, 2.24) is 25.4 Å². The summed E-state index contributed by atoms with van der Waals surface area (Å²) in [6, 6.07) is 10.7. The Labute approximate surface area is 153 Å². The van der Waals surface area contributed by atoms with Gasteiger partial charge in [0.1, 0.15) is 6.33 Å². The van der Waals surface area contributed by atoms with Crippen molar-refractivity contribution in [2.24, 2.45) is 0 Å². The van der Waals surface area contributed by atoms with E-state index >= 15 is 0 Å². The first kappa shape index (κ1) is 16.9. The normalized spacial score (nSPS) is 19.5. The Morgan fingerprint density at radius 2 is 1.85 bits per heavy atom. The predicted molar refractivity (Wildman–Crippen MR) is 100 cm³/mol. The lowest BCUT2D eigenvalue weighted by atomic mass is 9.79. The van der Waals surface area contributed by atoms with E-state index in [0.29, 0.717) is 13.1 Å². The summed E-state index contributed by atoms with van der Waals surface area (Å²) >= 11 is 0. The fraction of sp³-hybridized carbons (Fsp3) is 0.526. The highest BCUT2D eigenvalue weighted by Gasteiger charge is 2.36. The Kier molecular flexibility index (Phi) is 4.77. The topological polar surface area (TPSA) is 77.2 Å². The molecule has 0 unspecified atom stereocenters. The molecule has 0 spiro atoms. The SMILES string of the molecule is O=C(NCC1(c2ccccc2)CCCC1)N1CCN(c2ncn[nH]2)CC1. The molecule has 7 nitrogen and oxygen atoms in total. The van der Waals surface area contributed by atoms with E-state index in [0.717, 1.165) is 38.4 Å². The van der Waals surface area contributed by atoms with E-state index in [4.69, 9.17) is 0 Å². The molecule has 2 N–H and O–H groups in total. The summed E-state index contributed by atoms with van der Waals surface area (Å²) in [6.45, 7) is 3.66. The van der Waals surface area contributed by atoms with Gasteiger partial charge in [0.15, 0.2) is 0 Å². The minimum atomic E-state index is 0.0458. The molecule has 1 saturated heterocycles. The third kappa shape index (κ3) is 3.38. The van der Waals surface area contributed by atoms with E-state index < -0.39 is 0 Å². The van der Waals surface area contributed by atoms with Crippen LogP contribution < -0.4 is 10.2 Å². The molecule has 1 saturated carbocycles. The van der Waals surface area contributed by atoms with Crippen molar-refractivity contribution in [3.05, 3.63) is 42.2 Å². The highest BCUT2D eigenvalue weighted by Crippen LogP contribution is 2.40. The number of aromatic nitrogens is 3. The van der Waals surface area contributed by atoms with Crippen molar-refractivity contribution in [1.29, 1.82) is 0 Å². The molecule has 7 heteroatoms. The second kappa shape index (κ2) is 7.35. The fourth-order valence-corrected chi connectivity index (χ4v) is 4.24. The summed E-state index contributed by atoms with van der Waals surface area (Å²) in [7, 11) is 0. The molecule has 2 heterocycles. The van der Waals surface area contributed by atoms with E-state index in [1.807, 2.05) is 4.90 Å². The van der Waals surface area contributed by atoms with Crippen molar-refractivity contribution >= 4 is 12.0 Å². The minimum Gasteiger partial charge on any atom is -0.338 e. The first-order valence-corrected chi connectivity index (χ1v) is 9.45. The van der Waals surface area contributed by atoms with Gasteiger partial charge in [-0.3, -0.25) is 0 Å². The number of rotatable bonds is 4. The van der Waals surface area contributed by atoms with Crippen molar-refractivity contribution in [2.45, 2.75) is 31.1 Å². The van der Waals surface area contributed by atoms with Crippen LogP contribution in [-0.4, -0.2) is 58.8 Å². The third-order valence-corrected chi connectivity index (χ3v) is 5.79. The van der Waals surface area contributed by atoms with Gasteiger partial charge in [-0.2, -0.15) is 10.1 Å². The lowest BCUT2D eigenvalue weighted by Crippen LogP contribution is -2.53. The molecule has 0 atom stereocenters. The predicted octanol–water partition coefficient (Wildman–Crippen LogP) is 2.15. The number of hydrogen-bond acceptors (Lipinski definition) is 4. The quantitative estimate of drug-likeness (QED) is 0.882. The first-order chi connectivity index (χ1) is 12.8. The minimum absolute atomic E-state index is 0.0458. The van der Waals surface area contributed by atoms with Crippen LogP contribution in [0.15, 0.2) is 36.7 Å². The van der Waals surface area contributed by atoms with Gasteiger partial charge in [0.2, 0.25) is 5.95 Å². The Balaban J connectivity index is 1.33. The van der Waals surface area contributed by atoms with Crippen molar-refractivity contribution in [2.75, 3.05) is 37.6 Å². The maximum absolute atomic E-state index is 12.7. The number of amides is 2. The van der Waals surface area contributed by atoms with Crippen LogP contribution in [0, 0.1) is 0 Å². The molecule has 2 amide bonds. The van der Waals surface area contributed by atoms with Crippen molar-refractivity contribution < 1.29 is 4.79 Å². The van der Waals surface area contributed by atoms with Crippen LogP contribution in [0.4, 0.5) is 10.7 Å². The van der Waals surface area contributed by atoms with Crippen molar-refractivity contribution in [3.63, 3.8) is 0 Å². The Hall–Kier alpha value is -2.57. The number of anilines is 1. The van der Waals surface area contributed by atoms with E-state index in [9.17, 15) is 4.79 Å². The maximum Gasteiger partial charge on any atom is 0.317 e. The van der Waals surface area contributed by atoms with Gasteiger partial charge in [0, 0.05) is 38.1 Å². The number of piperazine rings is 1. The number of nitrogens with one attached hydrogen (secondary N) is 2. The summed E-state index contributed by atoms with van der Waals surface area (Å²) < 4.78 is 0. The zero-order valence-corrected chi connectivity index (χ0v) is 15.0. The second-order valence-electron chi connectivity index (χ2n) is 7.30. The maximum atomic E-state index is 12.7. The van der Waals surface area contributed by atoms with Crippen LogP contribution in [-0.2, 0) is 5.41 Å². The van der Waals surface area contributed by atoms with E-state index in [1.165, 1.54) is 24.7 Å². The van der Waals surface area contributed by atoms with Gasteiger partial charge in [-0.15, -0.1) is 0 Å². The molecule has 1 aliphatic carbocycles. The number of H-pyrrole nitrogens is 1. The number of carbonyl (C=O) groups excluding carboxylic acids is 1. The number of urea groups is 1. The Morgan fingerprint density at radius 1 is 1.12 bits per heavy atom. The molecular weight excluding hydrogens is 328 g/mol. The summed E-state index contributed by atoms with van der Waals surface area (Å²) in [6.07, 6.45) is 6.29. The summed E-state index contributed by atoms with van der Waals surface area (Å²) in [5.74, 6) is 0.777. The van der Waals surface area contributed by atoms with Crippen LogP contribution in [0.5, 0.6) is 0 Å². The molecule has 1 aromatic carbocycles. The van der Waals surface area contributed by atoms with E-state index in [2.05, 4.69) is 55.7 Å². The Bertz CT molecular complexity index is 703. The van der Waals surface area contributed by atoms with Crippen LogP contribution >= 0.6 is 0 Å². The van der Waals surface area contributed by atoms with Gasteiger partial charge in [-0.1, -0.05) is 43.2 Å². The summed E-state index contributed by atoms with van der Waals surface area (Å²) in [5, 5.41) is 9.99. The number of nitrogens with zero attached hydrogens (tertiary/aromatic N) is 4. The highest BCUT2D eigenvalue weighted by atomic mass is 16.2. The van der Waals surface area contributed by atoms with Gasteiger partial charge in [-0.05, 0) is 18.4 Å². The Morgan fingerprint density at radius 3 is 2.50 bits per heavy atom. The van der Waals surface area contributed by atoms with Gasteiger partial charge >= 0.3 is 6.03 Å². The lowest BCUT2D eigenvalue weighted by Gasteiger charge is -2.36. The number of hydrogen-bond donors (Lipinski definition) is 2. The first-order valence-electron chi connectivity index (χ1n) is 9.45. The van der Waals surface area contributed by atoms with Gasteiger partial charge in [-0.25, -0.2) is 9.89 Å². The van der Waals surface area contributed by atoms with Crippen LogP contribution in [0.3, 0.4) is 0 Å². The van der Waals surface area contributed by atoms with Gasteiger partial charge < -0.3 is 15.1 Å². The number of aromatic amines is 1. The van der Waals surface area contributed by atoms with Gasteiger partial charge in [0.05, 0.1) is 0 Å². The average molecular weight is 354 g/mol. The lowest BCUT2D eigenvalue weighted by molar-refractivity contribution is 0.190. The molecular formula is C19H26N6O. The largest absolute Gasteiger partial charge is 0.338 e. The number of carbonyl (C=O) groups is 1. The molecule has 1 aromatic heterocycles.